The Labute approximate surface area is 177 Å². The zero-order chi connectivity index (χ0) is 21.2. The van der Waals surface area contributed by atoms with E-state index in [4.69, 9.17) is 14.2 Å². The maximum Gasteiger partial charge on any atom is 0.246 e. The number of ether oxygens (including phenoxy) is 3. The molecule has 0 N–H and O–H groups in total. The molecule has 0 bridgehead atoms. The zero-order valence-corrected chi connectivity index (χ0v) is 18.1. The van der Waals surface area contributed by atoms with E-state index < -0.39 is 15.6 Å². The molecule has 1 fully saturated rings. The summed E-state index contributed by atoms with van der Waals surface area (Å²) in [4.78, 5) is 6.74. The number of hydrogen-bond acceptors (Lipinski definition) is 7. The van der Waals surface area contributed by atoms with Crippen molar-refractivity contribution in [3.8, 4) is 11.6 Å². The Balaban J connectivity index is 1.62. The summed E-state index contributed by atoms with van der Waals surface area (Å²) in [6.45, 7) is 2.96. The third-order valence-electron chi connectivity index (χ3n) is 5.64. The molecule has 1 aromatic heterocycles. The van der Waals surface area contributed by atoms with Crippen LogP contribution in [0.3, 0.4) is 0 Å². The van der Waals surface area contributed by atoms with E-state index in [0.717, 1.165) is 18.5 Å². The van der Waals surface area contributed by atoms with E-state index >= 15 is 0 Å². The molecule has 0 radical (unpaired) electrons. The summed E-state index contributed by atoms with van der Waals surface area (Å²) in [6, 6.07) is 10.8. The highest BCUT2D eigenvalue weighted by Crippen LogP contribution is 2.38. The van der Waals surface area contributed by atoms with Crippen LogP contribution >= 0.6 is 0 Å². The molecule has 30 heavy (non-hydrogen) atoms. The minimum Gasteiger partial charge on any atom is -0.483 e. The summed E-state index contributed by atoms with van der Waals surface area (Å²) >= 11 is 0. The monoisotopic (exact) mass is 433 g/mol. The van der Waals surface area contributed by atoms with Gasteiger partial charge in [0.15, 0.2) is 0 Å². The number of nitrogens with zero attached hydrogens (tertiary/aromatic N) is 3. The Morgan fingerprint density at radius 3 is 2.80 bits per heavy atom. The van der Waals surface area contributed by atoms with Gasteiger partial charge in [0.2, 0.25) is 15.9 Å². The van der Waals surface area contributed by atoms with Crippen LogP contribution in [0.4, 0.5) is 0 Å². The van der Waals surface area contributed by atoms with Crippen LogP contribution in [-0.2, 0) is 21.3 Å². The van der Waals surface area contributed by atoms with Gasteiger partial charge in [0.05, 0.1) is 20.3 Å². The van der Waals surface area contributed by atoms with Crippen molar-refractivity contribution in [3.63, 3.8) is 0 Å². The Hall–Kier alpha value is -2.20. The predicted molar refractivity (Wildman–Crippen MR) is 111 cm³/mol. The Morgan fingerprint density at radius 1 is 1.17 bits per heavy atom. The van der Waals surface area contributed by atoms with Gasteiger partial charge in [-0.3, -0.25) is 4.90 Å². The Morgan fingerprint density at radius 2 is 2.00 bits per heavy atom. The molecule has 0 amide bonds. The number of fused-ring (bicyclic) bond motifs is 1. The van der Waals surface area contributed by atoms with Crippen molar-refractivity contribution in [2.45, 2.75) is 23.5 Å². The van der Waals surface area contributed by atoms with Crippen molar-refractivity contribution in [1.29, 1.82) is 0 Å². The first-order chi connectivity index (χ1) is 14.5. The first kappa shape index (κ1) is 21.0. The fourth-order valence-corrected chi connectivity index (χ4v) is 5.81. The van der Waals surface area contributed by atoms with Crippen LogP contribution in [0.2, 0.25) is 0 Å². The summed E-state index contributed by atoms with van der Waals surface area (Å²) < 4.78 is 45.0. The Bertz CT molecular complexity index is 1000. The van der Waals surface area contributed by atoms with Crippen LogP contribution in [0.5, 0.6) is 11.6 Å². The molecule has 8 nitrogen and oxygen atoms in total. The van der Waals surface area contributed by atoms with Crippen molar-refractivity contribution >= 4 is 10.0 Å². The number of pyridine rings is 1. The molecule has 1 saturated heterocycles. The van der Waals surface area contributed by atoms with Gasteiger partial charge in [-0.05, 0) is 18.2 Å². The van der Waals surface area contributed by atoms with Gasteiger partial charge in [0, 0.05) is 51.5 Å². The highest BCUT2D eigenvalue weighted by atomic mass is 32.2. The molecule has 4 rings (SSSR count). The minimum atomic E-state index is -3.66. The first-order valence-corrected chi connectivity index (χ1v) is 11.4. The van der Waals surface area contributed by atoms with Crippen molar-refractivity contribution in [2.24, 2.45) is 0 Å². The van der Waals surface area contributed by atoms with Gasteiger partial charge < -0.3 is 14.2 Å². The van der Waals surface area contributed by atoms with Gasteiger partial charge in [0.1, 0.15) is 16.2 Å². The second kappa shape index (κ2) is 8.50. The topological polar surface area (TPSA) is 81.2 Å². The number of benzene rings is 1. The van der Waals surface area contributed by atoms with E-state index in [0.29, 0.717) is 31.3 Å². The molecule has 1 atom stereocenters. The third-order valence-corrected chi connectivity index (χ3v) is 7.52. The average Bonchev–Trinajstić information content (AvgIpc) is 3.09. The van der Waals surface area contributed by atoms with Crippen molar-refractivity contribution in [2.75, 3.05) is 47.0 Å². The smallest absolute Gasteiger partial charge is 0.246 e. The van der Waals surface area contributed by atoms with Gasteiger partial charge in [-0.2, -0.15) is 4.31 Å². The van der Waals surface area contributed by atoms with Crippen LogP contribution < -0.4 is 9.47 Å². The number of hydrogen-bond donors (Lipinski definition) is 0. The Kier molecular flexibility index (Phi) is 5.97. The molecule has 2 aliphatic heterocycles. The lowest BCUT2D eigenvalue weighted by atomic mass is 10.0. The van der Waals surface area contributed by atoms with E-state index in [-0.39, 0.29) is 18.0 Å². The molecular formula is C21H27N3O5S. The van der Waals surface area contributed by atoms with Gasteiger partial charge in [-0.15, -0.1) is 0 Å². The van der Waals surface area contributed by atoms with Gasteiger partial charge in [0.25, 0.3) is 0 Å². The summed E-state index contributed by atoms with van der Waals surface area (Å²) in [5.74, 6) is 1.02. The highest BCUT2D eigenvalue weighted by Gasteiger charge is 2.47. The molecule has 0 saturated carbocycles. The summed E-state index contributed by atoms with van der Waals surface area (Å²) in [5.41, 5.74) is 0.373. The average molecular weight is 434 g/mol. The fourth-order valence-electron chi connectivity index (χ4n) is 4.19. The van der Waals surface area contributed by atoms with Crippen molar-refractivity contribution < 1.29 is 22.6 Å². The lowest BCUT2D eigenvalue weighted by Gasteiger charge is -2.32. The quantitative estimate of drug-likeness (QED) is 0.687. The highest BCUT2D eigenvalue weighted by molar-refractivity contribution is 7.89. The van der Waals surface area contributed by atoms with E-state index in [2.05, 4.69) is 9.88 Å². The molecule has 162 valence electrons. The molecule has 9 heteroatoms. The predicted octanol–water partition coefficient (Wildman–Crippen LogP) is 1.76. The van der Waals surface area contributed by atoms with Crippen LogP contribution in [0.25, 0.3) is 0 Å². The van der Waals surface area contributed by atoms with E-state index in [1.807, 2.05) is 12.1 Å². The van der Waals surface area contributed by atoms with Crippen LogP contribution in [-0.4, -0.2) is 75.2 Å². The third kappa shape index (κ3) is 4.02. The van der Waals surface area contributed by atoms with E-state index in [9.17, 15) is 8.42 Å². The maximum atomic E-state index is 13.3. The maximum absolute atomic E-state index is 13.3. The molecule has 0 aliphatic carbocycles. The standard InChI is InChI=1S/C21H27N3O5S/c1-27-13-12-24-16-21(29-18-7-3-4-8-19(18)30(24,25)26)9-11-23(15-21)14-17-6-5-10-22-20(17)28-2/h3-8,10H,9,11-16H2,1-2H3/t21-/m1/s1. The minimum absolute atomic E-state index is 0.213. The molecule has 2 aliphatic rings. The largest absolute Gasteiger partial charge is 0.483 e. The second-order valence-corrected chi connectivity index (χ2v) is 9.60. The normalized spacial score (nSPS) is 23.7. The van der Waals surface area contributed by atoms with E-state index in [1.54, 1.807) is 44.7 Å². The SMILES string of the molecule is COCCN1C[C@]2(CCN(Cc3cccnc3OC)C2)Oc2ccccc2S1(=O)=O. The first-order valence-electron chi connectivity index (χ1n) is 9.95. The lowest BCUT2D eigenvalue weighted by molar-refractivity contribution is 0.0532. The fraction of sp³-hybridized carbons (Fsp3) is 0.476. The van der Waals surface area contributed by atoms with Gasteiger partial charge in [-0.1, -0.05) is 18.2 Å². The number of para-hydroxylation sites is 1. The number of methoxy groups -OCH3 is 2. The zero-order valence-electron chi connectivity index (χ0n) is 17.3. The number of aromatic nitrogens is 1. The summed E-state index contributed by atoms with van der Waals surface area (Å²) in [7, 11) is -0.477. The molecule has 0 unspecified atom stereocenters. The number of likely N-dealkylation sites (tertiary alicyclic amines) is 1. The number of rotatable bonds is 6. The van der Waals surface area contributed by atoms with Crippen molar-refractivity contribution in [3.05, 3.63) is 48.2 Å². The van der Waals surface area contributed by atoms with E-state index in [1.165, 1.54) is 4.31 Å². The summed E-state index contributed by atoms with van der Waals surface area (Å²) in [5, 5.41) is 0. The lowest BCUT2D eigenvalue weighted by Crippen LogP contribution is -2.49. The molecule has 1 aromatic carbocycles. The van der Waals surface area contributed by atoms with Gasteiger partial charge >= 0.3 is 0 Å². The molecule has 2 aromatic rings. The second-order valence-electron chi connectivity index (χ2n) is 7.70. The molecule has 3 heterocycles. The van der Waals surface area contributed by atoms with Crippen molar-refractivity contribution in [1.82, 2.24) is 14.2 Å². The van der Waals surface area contributed by atoms with Crippen LogP contribution in [0, 0.1) is 0 Å². The van der Waals surface area contributed by atoms with Gasteiger partial charge in [-0.25, -0.2) is 13.4 Å². The number of sulfonamides is 1. The molecule has 1 spiro atoms. The molecular weight excluding hydrogens is 406 g/mol. The van der Waals surface area contributed by atoms with Crippen LogP contribution in [0.15, 0.2) is 47.5 Å². The van der Waals surface area contributed by atoms with Crippen LogP contribution in [0.1, 0.15) is 12.0 Å². The summed E-state index contributed by atoms with van der Waals surface area (Å²) in [6.07, 6.45) is 2.43.